The Morgan fingerprint density at radius 2 is 2.00 bits per heavy atom. The van der Waals surface area contributed by atoms with Crippen LogP contribution < -0.4 is 15.2 Å². The number of aromatic nitrogens is 2. The summed E-state index contributed by atoms with van der Waals surface area (Å²) in [7, 11) is 1.62. The van der Waals surface area contributed by atoms with E-state index in [4.69, 9.17) is 16.3 Å². The Balaban J connectivity index is 1.97. The van der Waals surface area contributed by atoms with Crippen LogP contribution in [-0.4, -0.2) is 16.1 Å². The van der Waals surface area contributed by atoms with Gasteiger partial charge in [-0.1, -0.05) is 29.8 Å². The summed E-state index contributed by atoms with van der Waals surface area (Å²) in [6, 6.07) is 13.2. The zero-order valence-corrected chi connectivity index (χ0v) is 14.8. The molecule has 2 aromatic carbocycles. The van der Waals surface area contributed by atoms with Crippen molar-refractivity contribution in [3.05, 3.63) is 73.9 Å². The molecule has 1 N–H and O–H groups in total. The Morgan fingerprint density at radius 1 is 1.25 bits per heavy atom. The van der Waals surface area contributed by atoms with Gasteiger partial charge in [0.2, 0.25) is 4.80 Å². The molecule has 0 bridgehead atoms. The second kappa shape index (κ2) is 7.07. The van der Waals surface area contributed by atoms with Gasteiger partial charge in [0, 0.05) is 5.02 Å². The highest BCUT2D eigenvalue weighted by atomic mass is 35.5. The van der Waals surface area contributed by atoms with Gasteiger partial charge in [-0.3, -0.25) is 8.94 Å². The van der Waals surface area contributed by atoms with E-state index in [2.05, 4.69) is 9.37 Å². The fourth-order valence-corrected chi connectivity index (χ4v) is 3.06. The molecule has 1 aromatic heterocycles. The summed E-state index contributed by atoms with van der Waals surface area (Å²) in [6.45, 7) is 2.37. The Hall–Kier alpha value is -2.31. The second-order valence-electron chi connectivity index (χ2n) is 5.27. The van der Waals surface area contributed by atoms with Crippen LogP contribution in [0.2, 0.25) is 5.02 Å². The third kappa shape index (κ3) is 3.60. The van der Waals surface area contributed by atoms with E-state index in [-0.39, 0.29) is 5.69 Å². The first-order chi connectivity index (χ1) is 11.6. The van der Waals surface area contributed by atoms with Crippen molar-refractivity contribution in [1.82, 2.24) is 8.94 Å². The van der Waals surface area contributed by atoms with Crippen molar-refractivity contribution in [2.24, 2.45) is 4.99 Å². The van der Waals surface area contributed by atoms with Crippen LogP contribution in [0.25, 0.3) is 0 Å². The molecule has 0 unspecified atom stereocenters. The van der Waals surface area contributed by atoms with Crippen molar-refractivity contribution in [3.8, 4) is 5.75 Å². The average molecular weight is 362 g/mol. The number of nitrogens with one attached hydrogen (secondary N) is 1. The summed E-state index contributed by atoms with van der Waals surface area (Å²) in [6.07, 6.45) is 0. The molecule has 0 atom stereocenters. The molecule has 124 valence electrons. The van der Waals surface area contributed by atoms with Crippen molar-refractivity contribution in [2.45, 2.75) is 13.5 Å². The number of halogens is 1. The summed E-state index contributed by atoms with van der Waals surface area (Å²) in [5, 5.41) is 0.654. The molecule has 0 saturated heterocycles. The minimum atomic E-state index is -0.187. The van der Waals surface area contributed by atoms with E-state index < -0.39 is 0 Å². The SMILES string of the molecule is COc1ccc(Cn2c(=O)[nH]s/c2=N\c2ccc(C)c(Cl)c2)cc1. The number of aromatic amines is 1. The highest BCUT2D eigenvalue weighted by molar-refractivity contribution is 7.02. The van der Waals surface area contributed by atoms with E-state index in [0.717, 1.165) is 16.9 Å². The molecule has 1 heterocycles. The fourth-order valence-electron chi connectivity index (χ4n) is 2.18. The molecule has 5 nitrogen and oxygen atoms in total. The summed E-state index contributed by atoms with van der Waals surface area (Å²) >= 11 is 7.34. The van der Waals surface area contributed by atoms with Crippen LogP contribution in [0, 0.1) is 6.92 Å². The topological polar surface area (TPSA) is 59.4 Å². The maximum absolute atomic E-state index is 12.1. The number of hydrogen-bond donors (Lipinski definition) is 1. The highest BCUT2D eigenvalue weighted by Gasteiger charge is 2.05. The maximum Gasteiger partial charge on any atom is 0.337 e. The molecule has 0 fully saturated rings. The van der Waals surface area contributed by atoms with E-state index in [1.54, 1.807) is 17.7 Å². The van der Waals surface area contributed by atoms with Crippen molar-refractivity contribution >= 4 is 28.8 Å². The zero-order valence-electron chi connectivity index (χ0n) is 13.2. The van der Waals surface area contributed by atoms with Gasteiger partial charge in [-0.2, -0.15) is 0 Å². The van der Waals surface area contributed by atoms with Crippen LogP contribution in [-0.2, 0) is 6.54 Å². The first-order valence-corrected chi connectivity index (χ1v) is 8.48. The number of ether oxygens (including phenoxy) is 1. The number of methoxy groups -OCH3 is 1. The molecule has 0 spiro atoms. The monoisotopic (exact) mass is 361 g/mol. The first-order valence-electron chi connectivity index (χ1n) is 7.29. The molecular weight excluding hydrogens is 346 g/mol. The number of rotatable bonds is 4. The fraction of sp³-hybridized carbons (Fsp3) is 0.176. The van der Waals surface area contributed by atoms with Gasteiger partial charge in [0.05, 0.1) is 19.3 Å². The van der Waals surface area contributed by atoms with Crippen molar-refractivity contribution in [2.75, 3.05) is 7.11 Å². The van der Waals surface area contributed by atoms with Gasteiger partial charge in [-0.15, -0.1) is 0 Å². The summed E-state index contributed by atoms with van der Waals surface area (Å²) in [5.41, 5.74) is 2.50. The molecule has 0 aliphatic heterocycles. The Bertz CT molecular complexity index is 970. The van der Waals surface area contributed by atoms with Crippen molar-refractivity contribution in [3.63, 3.8) is 0 Å². The van der Waals surface area contributed by atoms with Crippen LogP contribution in [0.3, 0.4) is 0 Å². The lowest BCUT2D eigenvalue weighted by Crippen LogP contribution is -2.26. The molecule has 0 aliphatic carbocycles. The van der Waals surface area contributed by atoms with Gasteiger partial charge < -0.3 is 4.74 Å². The summed E-state index contributed by atoms with van der Waals surface area (Å²) < 4.78 is 9.47. The maximum atomic E-state index is 12.1. The minimum absolute atomic E-state index is 0.187. The lowest BCUT2D eigenvalue weighted by Gasteiger charge is -2.04. The summed E-state index contributed by atoms with van der Waals surface area (Å²) in [4.78, 5) is 17.2. The van der Waals surface area contributed by atoms with Crippen LogP contribution in [0.4, 0.5) is 5.69 Å². The van der Waals surface area contributed by atoms with Gasteiger partial charge in [0.15, 0.2) is 0 Å². The van der Waals surface area contributed by atoms with Gasteiger partial charge in [-0.25, -0.2) is 9.79 Å². The lowest BCUT2D eigenvalue weighted by molar-refractivity contribution is 0.414. The Morgan fingerprint density at radius 3 is 2.67 bits per heavy atom. The third-order valence-electron chi connectivity index (χ3n) is 3.59. The molecule has 0 amide bonds. The number of nitrogens with zero attached hydrogens (tertiary/aromatic N) is 2. The number of benzene rings is 2. The largest absolute Gasteiger partial charge is 0.497 e. The van der Waals surface area contributed by atoms with Gasteiger partial charge in [0.25, 0.3) is 0 Å². The number of hydrogen-bond acceptors (Lipinski definition) is 4. The van der Waals surface area contributed by atoms with Crippen molar-refractivity contribution in [1.29, 1.82) is 0 Å². The summed E-state index contributed by atoms with van der Waals surface area (Å²) in [5.74, 6) is 0.780. The Kier molecular flexibility index (Phi) is 4.87. The van der Waals surface area contributed by atoms with E-state index in [0.29, 0.717) is 22.1 Å². The molecule has 3 aromatic rings. The molecule has 0 aliphatic rings. The predicted molar refractivity (Wildman–Crippen MR) is 96.4 cm³/mol. The molecular formula is C17H16ClN3O2S. The minimum Gasteiger partial charge on any atom is -0.497 e. The van der Waals surface area contributed by atoms with Crippen LogP contribution in [0.1, 0.15) is 11.1 Å². The standard InChI is InChI=1S/C17H16ClN3O2S/c1-11-3-6-13(9-15(11)18)19-17-21(16(22)20-24-17)10-12-4-7-14(23-2)8-5-12/h3-9H,10H2,1-2H3,(H,20,22)/b19-17-. The van der Waals surface area contributed by atoms with E-state index in [1.807, 2.05) is 43.3 Å². The average Bonchev–Trinajstić information content (AvgIpc) is 2.92. The third-order valence-corrected chi connectivity index (χ3v) is 4.76. The zero-order chi connectivity index (χ0) is 17.1. The molecule has 24 heavy (non-hydrogen) atoms. The van der Waals surface area contributed by atoms with Gasteiger partial charge in [-0.05, 0) is 53.8 Å². The second-order valence-corrected chi connectivity index (χ2v) is 6.45. The Labute approximate surface area is 148 Å². The van der Waals surface area contributed by atoms with Crippen LogP contribution in [0.15, 0.2) is 52.3 Å². The van der Waals surface area contributed by atoms with E-state index in [1.165, 1.54) is 11.5 Å². The number of H-pyrrole nitrogens is 1. The number of aryl methyl sites for hydroxylation is 1. The van der Waals surface area contributed by atoms with E-state index >= 15 is 0 Å². The van der Waals surface area contributed by atoms with Crippen LogP contribution >= 0.6 is 23.1 Å². The highest BCUT2D eigenvalue weighted by Crippen LogP contribution is 2.21. The molecule has 7 heteroatoms. The van der Waals surface area contributed by atoms with E-state index in [9.17, 15) is 4.79 Å². The molecule has 3 rings (SSSR count). The van der Waals surface area contributed by atoms with Crippen molar-refractivity contribution < 1.29 is 4.74 Å². The smallest absolute Gasteiger partial charge is 0.337 e. The normalized spacial score (nSPS) is 11.7. The van der Waals surface area contributed by atoms with Gasteiger partial charge >= 0.3 is 5.69 Å². The first kappa shape index (κ1) is 16.5. The lowest BCUT2D eigenvalue weighted by atomic mass is 10.2. The van der Waals surface area contributed by atoms with Crippen LogP contribution in [0.5, 0.6) is 5.75 Å². The molecule has 0 radical (unpaired) electrons. The van der Waals surface area contributed by atoms with Gasteiger partial charge in [0.1, 0.15) is 5.75 Å². The molecule has 0 saturated carbocycles. The predicted octanol–water partition coefficient (Wildman–Crippen LogP) is 3.49. The quantitative estimate of drug-likeness (QED) is 0.773.